The van der Waals surface area contributed by atoms with E-state index in [1.54, 1.807) is 26.0 Å². The Hall–Kier alpha value is -1.29. The van der Waals surface area contributed by atoms with Gasteiger partial charge in [-0.3, -0.25) is 0 Å². The summed E-state index contributed by atoms with van der Waals surface area (Å²) in [5.74, 6) is -0.111. The third-order valence-electron chi connectivity index (χ3n) is 2.30. The van der Waals surface area contributed by atoms with E-state index in [0.717, 1.165) is 0 Å². The molecule has 0 spiro atoms. The van der Waals surface area contributed by atoms with Gasteiger partial charge in [0.25, 0.3) is 0 Å². The van der Waals surface area contributed by atoms with Crippen LogP contribution < -0.4 is 10.1 Å². The molecule has 0 bridgehead atoms. The summed E-state index contributed by atoms with van der Waals surface area (Å²) in [5, 5.41) is 12.6. The summed E-state index contributed by atoms with van der Waals surface area (Å²) >= 11 is 0. The zero-order chi connectivity index (χ0) is 12.9. The van der Waals surface area contributed by atoms with Crippen molar-refractivity contribution in [1.82, 2.24) is 0 Å². The lowest BCUT2D eigenvalue weighted by Gasteiger charge is -2.17. The Morgan fingerprint density at radius 1 is 1.41 bits per heavy atom. The highest BCUT2D eigenvalue weighted by Crippen LogP contribution is 2.21. The van der Waals surface area contributed by atoms with Crippen molar-refractivity contribution in [3.8, 4) is 5.75 Å². The molecule has 0 aliphatic heterocycles. The number of benzene rings is 1. The molecule has 1 rings (SSSR count). The van der Waals surface area contributed by atoms with Crippen LogP contribution >= 0.6 is 0 Å². The van der Waals surface area contributed by atoms with E-state index in [1.807, 2.05) is 6.92 Å². The van der Waals surface area contributed by atoms with Gasteiger partial charge < -0.3 is 15.2 Å². The Morgan fingerprint density at radius 3 is 2.65 bits per heavy atom. The molecule has 0 saturated carbocycles. The van der Waals surface area contributed by atoms with Gasteiger partial charge in [-0.25, -0.2) is 4.39 Å². The fraction of sp³-hybridized carbons (Fsp3) is 0.538. The number of ether oxygens (including phenoxy) is 1. The van der Waals surface area contributed by atoms with Crippen LogP contribution in [0.5, 0.6) is 5.75 Å². The normalized spacial score (nSPS) is 11.4. The average Bonchev–Trinajstić information content (AvgIpc) is 2.20. The molecule has 4 heteroatoms. The Kier molecular flexibility index (Phi) is 4.75. The van der Waals surface area contributed by atoms with E-state index in [2.05, 4.69) is 5.32 Å². The van der Waals surface area contributed by atoms with E-state index in [-0.39, 0.29) is 11.6 Å². The first-order valence-corrected chi connectivity index (χ1v) is 5.81. The van der Waals surface area contributed by atoms with Crippen LogP contribution in [0.3, 0.4) is 0 Å². The van der Waals surface area contributed by atoms with Crippen molar-refractivity contribution in [3.63, 3.8) is 0 Å². The number of hydrogen-bond acceptors (Lipinski definition) is 3. The first kappa shape index (κ1) is 13.8. The van der Waals surface area contributed by atoms with Gasteiger partial charge in [0.2, 0.25) is 0 Å². The predicted molar refractivity (Wildman–Crippen MR) is 67.0 cm³/mol. The number of nitrogens with one attached hydrogen (secondary N) is 1. The van der Waals surface area contributed by atoms with Crippen molar-refractivity contribution in [2.75, 3.05) is 18.5 Å². The highest BCUT2D eigenvalue weighted by Gasteiger charge is 2.11. The van der Waals surface area contributed by atoms with Crippen molar-refractivity contribution in [2.24, 2.45) is 0 Å². The van der Waals surface area contributed by atoms with E-state index in [1.165, 1.54) is 6.07 Å². The number of rotatable bonds is 6. The van der Waals surface area contributed by atoms with Crippen molar-refractivity contribution in [2.45, 2.75) is 32.8 Å². The first-order valence-electron chi connectivity index (χ1n) is 5.81. The zero-order valence-corrected chi connectivity index (χ0v) is 10.6. The molecule has 1 aromatic carbocycles. The second-order valence-electron chi connectivity index (χ2n) is 4.57. The predicted octanol–water partition coefficient (Wildman–Crippen LogP) is 2.80. The third kappa shape index (κ3) is 5.04. The van der Waals surface area contributed by atoms with Crippen LogP contribution in [0, 0.1) is 5.82 Å². The van der Waals surface area contributed by atoms with Crippen molar-refractivity contribution in [1.29, 1.82) is 0 Å². The molecule has 0 fully saturated rings. The first-order chi connectivity index (χ1) is 7.92. The SMILES string of the molecule is CCOc1ccc(NCCC(C)(C)O)cc1F. The summed E-state index contributed by atoms with van der Waals surface area (Å²) in [4.78, 5) is 0. The van der Waals surface area contributed by atoms with Gasteiger partial charge in [-0.15, -0.1) is 0 Å². The van der Waals surface area contributed by atoms with E-state index in [0.29, 0.717) is 25.3 Å². The second kappa shape index (κ2) is 5.87. The standard InChI is InChI=1S/C13H20FNO2/c1-4-17-12-6-5-10(9-11(12)14)15-8-7-13(2,3)16/h5-6,9,15-16H,4,7-8H2,1-3H3. The lowest BCUT2D eigenvalue weighted by molar-refractivity contribution is 0.0749. The number of hydrogen-bond donors (Lipinski definition) is 2. The molecular weight excluding hydrogens is 221 g/mol. The average molecular weight is 241 g/mol. The minimum absolute atomic E-state index is 0.264. The van der Waals surface area contributed by atoms with Gasteiger partial charge in [-0.2, -0.15) is 0 Å². The number of halogens is 1. The summed E-state index contributed by atoms with van der Waals surface area (Å²) < 4.78 is 18.6. The molecule has 0 aromatic heterocycles. The molecule has 3 nitrogen and oxygen atoms in total. The third-order valence-corrected chi connectivity index (χ3v) is 2.30. The van der Waals surface area contributed by atoms with Crippen LogP contribution in [0.4, 0.5) is 10.1 Å². The maximum atomic E-state index is 13.5. The fourth-order valence-electron chi connectivity index (χ4n) is 1.40. The highest BCUT2D eigenvalue weighted by molar-refractivity contribution is 5.47. The molecule has 0 radical (unpaired) electrons. The maximum Gasteiger partial charge on any atom is 0.167 e. The summed E-state index contributed by atoms with van der Waals surface area (Å²) in [6.07, 6.45) is 0.599. The zero-order valence-electron chi connectivity index (χ0n) is 10.6. The van der Waals surface area contributed by atoms with Crippen LogP contribution in [0.15, 0.2) is 18.2 Å². The molecule has 0 amide bonds. The molecule has 0 saturated heterocycles. The lowest BCUT2D eigenvalue weighted by atomic mass is 10.1. The maximum absolute atomic E-state index is 13.5. The molecule has 0 aliphatic carbocycles. The Morgan fingerprint density at radius 2 is 2.12 bits per heavy atom. The van der Waals surface area contributed by atoms with Crippen LogP contribution in [-0.4, -0.2) is 23.9 Å². The molecule has 0 unspecified atom stereocenters. The van der Waals surface area contributed by atoms with Crippen LogP contribution in [0.25, 0.3) is 0 Å². The molecule has 2 N–H and O–H groups in total. The van der Waals surface area contributed by atoms with Gasteiger partial charge in [0, 0.05) is 18.3 Å². The van der Waals surface area contributed by atoms with Gasteiger partial charge in [-0.1, -0.05) is 0 Å². The quantitative estimate of drug-likeness (QED) is 0.804. The molecule has 0 heterocycles. The topological polar surface area (TPSA) is 41.5 Å². The molecule has 1 aromatic rings. The fourth-order valence-corrected chi connectivity index (χ4v) is 1.40. The van der Waals surface area contributed by atoms with Crippen molar-refractivity contribution < 1.29 is 14.2 Å². The summed E-state index contributed by atoms with van der Waals surface area (Å²) in [6.45, 7) is 6.34. The molecule has 0 atom stereocenters. The Bertz CT molecular complexity index is 361. The Labute approximate surface area is 102 Å². The number of anilines is 1. The van der Waals surface area contributed by atoms with Crippen molar-refractivity contribution >= 4 is 5.69 Å². The van der Waals surface area contributed by atoms with E-state index in [9.17, 15) is 9.50 Å². The highest BCUT2D eigenvalue weighted by atomic mass is 19.1. The van der Waals surface area contributed by atoms with E-state index < -0.39 is 5.60 Å². The molecule has 17 heavy (non-hydrogen) atoms. The van der Waals surface area contributed by atoms with Gasteiger partial charge in [-0.05, 0) is 39.3 Å². The second-order valence-corrected chi connectivity index (χ2v) is 4.57. The van der Waals surface area contributed by atoms with E-state index in [4.69, 9.17) is 4.74 Å². The summed E-state index contributed by atoms with van der Waals surface area (Å²) in [7, 11) is 0. The van der Waals surface area contributed by atoms with Gasteiger partial charge in [0.15, 0.2) is 11.6 Å². The van der Waals surface area contributed by atoms with E-state index >= 15 is 0 Å². The Balaban J connectivity index is 2.53. The van der Waals surface area contributed by atoms with Crippen LogP contribution in [0.2, 0.25) is 0 Å². The summed E-state index contributed by atoms with van der Waals surface area (Å²) in [6, 6.07) is 4.76. The minimum Gasteiger partial charge on any atom is -0.491 e. The summed E-state index contributed by atoms with van der Waals surface area (Å²) in [5.41, 5.74) is -0.0215. The van der Waals surface area contributed by atoms with Crippen LogP contribution in [0.1, 0.15) is 27.2 Å². The smallest absolute Gasteiger partial charge is 0.167 e. The number of aliphatic hydroxyl groups is 1. The molecule has 96 valence electrons. The van der Waals surface area contributed by atoms with Gasteiger partial charge in [0.1, 0.15) is 0 Å². The van der Waals surface area contributed by atoms with Crippen LogP contribution in [-0.2, 0) is 0 Å². The molecule has 0 aliphatic rings. The van der Waals surface area contributed by atoms with Gasteiger partial charge in [0.05, 0.1) is 12.2 Å². The minimum atomic E-state index is -0.712. The lowest BCUT2D eigenvalue weighted by Crippen LogP contribution is -2.22. The molecular formula is C13H20FNO2. The van der Waals surface area contributed by atoms with Crippen molar-refractivity contribution in [3.05, 3.63) is 24.0 Å². The monoisotopic (exact) mass is 241 g/mol. The van der Waals surface area contributed by atoms with Gasteiger partial charge >= 0.3 is 0 Å². The largest absolute Gasteiger partial charge is 0.491 e.